The van der Waals surface area contributed by atoms with E-state index in [4.69, 9.17) is 23.2 Å². The number of aromatic nitrogens is 1. The molecule has 0 saturated carbocycles. The largest absolute Gasteiger partial charge is 0.292 e. The first-order valence-electron chi connectivity index (χ1n) is 6.41. The molecule has 1 aromatic heterocycles. The van der Waals surface area contributed by atoms with Crippen LogP contribution in [-0.4, -0.2) is 10.5 Å². The van der Waals surface area contributed by atoms with Crippen molar-refractivity contribution in [2.75, 3.05) is 0 Å². The molecular formula is C15H16Cl2N2OS. The zero-order valence-electron chi connectivity index (χ0n) is 12.3. The van der Waals surface area contributed by atoms with Crippen LogP contribution in [0.4, 0.5) is 0 Å². The molecule has 3 nitrogen and oxygen atoms in total. The molecule has 0 fully saturated rings. The lowest BCUT2D eigenvalue weighted by atomic mass is 9.96. The fraction of sp³-hybridized carbons (Fsp3) is 0.333. The van der Waals surface area contributed by atoms with Gasteiger partial charge in [0.2, 0.25) is 0 Å². The number of thiazole rings is 1. The summed E-state index contributed by atoms with van der Waals surface area (Å²) in [5.41, 5.74) is 0.277. The first-order chi connectivity index (χ1) is 9.66. The maximum atomic E-state index is 12.1. The normalized spacial score (nSPS) is 12.8. The van der Waals surface area contributed by atoms with Crippen molar-refractivity contribution in [3.8, 4) is 5.69 Å². The number of nitrogens with zero attached hydrogens (tertiary/aromatic N) is 2. The van der Waals surface area contributed by atoms with E-state index in [1.807, 2.05) is 38.5 Å². The highest BCUT2D eigenvalue weighted by molar-refractivity contribution is 7.09. The van der Waals surface area contributed by atoms with Gasteiger partial charge in [0.05, 0.1) is 5.69 Å². The van der Waals surface area contributed by atoms with E-state index in [1.54, 1.807) is 18.2 Å². The van der Waals surface area contributed by atoms with Crippen LogP contribution in [0.2, 0.25) is 10.0 Å². The molecule has 0 radical (unpaired) electrons. The molecule has 112 valence electrons. The van der Waals surface area contributed by atoms with E-state index in [9.17, 15) is 4.79 Å². The molecular weight excluding hydrogens is 327 g/mol. The summed E-state index contributed by atoms with van der Waals surface area (Å²) in [6.07, 6.45) is 1.92. The maximum absolute atomic E-state index is 12.1. The molecule has 21 heavy (non-hydrogen) atoms. The lowest BCUT2D eigenvalue weighted by Crippen LogP contribution is -2.22. The van der Waals surface area contributed by atoms with Gasteiger partial charge in [0.25, 0.3) is 5.91 Å². The Morgan fingerprint density at radius 3 is 2.29 bits per heavy atom. The van der Waals surface area contributed by atoms with Crippen LogP contribution in [0, 0.1) is 12.3 Å². The fourth-order valence-corrected chi connectivity index (χ4v) is 3.00. The number of benzene rings is 1. The van der Waals surface area contributed by atoms with Gasteiger partial charge in [-0.3, -0.25) is 9.36 Å². The Morgan fingerprint density at radius 1 is 1.19 bits per heavy atom. The molecule has 0 spiro atoms. The van der Waals surface area contributed by atoms with Crippen LogP contribution in [0.15, 0.2) is 29.4 Å². The second-order valence-corrected chi connectivity index (χ2v) is 7.88. The van der Waals surface area contributed by atoms with Crippen molar-refractivity contribution in [3.05, 3.63) is 44.1 Å². The number of carbonyl (C=O) groups is 1. The van der Waals surface area contributed by atoms with E-state index in [-0.39, 0.29) is 5.91 Å². The van der Waals surface area contributed by atoms with Crippen LogP contribution in [0.3, 0.4) is 0 Å². The summed E-state index contributed by atoms with van der Waals surface area (Å²) in [4.78, 5) is 18.0. The minimum absolute atomic E-state index is 0.161. The van der Waals surface area contributed by atoms with Crippen molar-refractivity contribution >= 4 is 40.4 Å². The van der Waals surface area contributed by atoms with E-state index >= 15 is 0 Å². The number of hydrogen-bond donors (Lipinski definition) is 0. The van der Waals surface area contributed by atoms with Crippen molar-refractivity contribution in [3.63, 3.8) is 0 Å². The number of carbonyl (C=O) groups excluding carboxylic acids is 1. The third-order valence-corrected chi connectivity index (χ3v) is 4.07. The zero-order chi connectivity index (χ0) is 15.8. The van der Waals surface area contributed by atoms with Gasteiger partial charge in [-0.2, -0.15) is 4.99 Å². The van der Waals surface area contributed by atoms with Gasteiger partial charge in [-0.1, -0.05) is 44.0 Å². The third-order valence-electron chi connectivity index (χ3n) is 2.73. The lowest BCUT2D eigenvalue weighted by Gasteiger charge is -2.12. The summed E-state index contributed by atoms with van der Waals surface area (Å²) in [6.45, 7) is 7.51. The van der Waals surface area contributed by atoms with Crippen LogP contribution in [0.25, 0.3) is 5.69 Å². The van der Waals surface area contributed by atoms with Crippen LogP contribution in [-0.2, 0) is 4.79 Å². The van der Waals surface area contributed by atoms with E-state index in [0.29, 0.717) is 14.8 Å². The van der Waals surface area contributed by atoms with Gasteiger partial charge in [-0.15, -0.1) is 11.3 Å². The Balaban J connectivity index is 2.61. The van der Waals surface area contributed by atoms with Gasteiger partial charge >= 0.3 is 0 Å². The monoisotopic (exact) mass is 342 g/mol. The van der Waals surface area contributed by atoms with Crippen molar-refractivity contribution < 1.29 is 4.79 Å². The molecule has 1 heterocycles. The van der Waals surface area contributed by atoms with Gasteiger partial charge < -0.3 is 0 Å². The predicted molar refractivity (Wildman–Crippen MR) is 88.4 cm³/mol. The fourth-order valence-electron chi connectivity index (χ4n) is 1.65. The Morgan fingerprint density at radius 2 is 1.76 bits per heavy atom. The topological polar surface area (TPSA) is 34.4 Å². The zero-order valence-corrected chi connectivity index (χ0v) is 14.6. The Kier molecular flexibility index (Phi) is 4.61. The summed E-state index contributed by atoms with van der Waals surface area (Å²) >= 11 is 13.5. The van der Waals surface area contributed by atoms with E-state index in [0.717, 1.165) is 10.6 Å². The molecule has 2 rings (SSSR count). The highest BCUT2D eigenvalue weighted by Crippen LogP contribution is 2.22. The minimum atomic E-state index is -0.512. The average molecular weight is 343 g/mol. The molecule has 0 N–H and O–H groups in total. The highest BCUT2D eigenvalue weighted by atomic mass is 35.5. The Hall–Kier alpha value is -1.10. The molecule has 1 amide bonds. The number of aryl methyl sites for hydroxylation is 1. The number of amides is 1. The first kappa shape index (κ1) is 16.3. The summed E-state index contributed by atoms with van der Waals surface area (Å²) in [5, 5.41) is 1.09. The van der Waals surface area contributed by atoms with Crippen LogP contribution in [0.1, 0.15) is 25.6 Å². The number of hydrogen-bond acceptors (Lipinski definition) is 2. The second-order valence-electron chi connectivity index (χ2n) is 5.79. The molecule has 0 saturated heterocycles. The molecule has 0 aliphatic carbocycles. The summed E-state index contributed by atoms with van der Waals surface area (Å²) in [7, 11) is 0. The molecule has 0 aliphatic heterocycles. The van der Waals surface area contributed by atoms with E-state index in [2.05, 4.69) is 4.99 Å². The third kappa shape index (κ3) is 3.96. The first-order valence-corrected chi connectivity index (χ1v) is 7.99. The van der Waals surface area contributed by atoms with Gasteiger partial charge in [0.1, 0.15) is 0 Å². The number of halogens is 2. The van der Waals surface area contributed by atoms with Crippen LogP contribution in [0.5, 0.6) is 0 Å². The van der Waals surface area contributed by atoms with Crippen molar-refractivity contribution in [1.29, 1.82) is 0 Å². The van der Waals surface area contributed by atoms with Gasteiger partial charge in [-0.25, -0.2) is 0 Å². The minimum Gasteiger partial charge on any atom is -0.292 e. The second kappa shape index (κ2) is 5.95. The molecule has 0 atom stereocenters. The number of rotatable bonds is 1. The summed E-state index contributed by atoms with van der Waals surface area (Å²) in [6, 6.07) is 5.25. The Bertz CT molecular complexity index is 734. The smallest absolute Gasteiger partial charge is 0.253 e. The van der Waals surface area contributed by atoms with Crippen molar-refractivity contribution in [2.24, 2.45) is 10.4 Å². The molecule has 2 aromatic rings. The van der Waals surface area contributed by atoms with Gasteiger partial charge in [-0.05, 0) is 25.1 Å². The van der Waals surface area contributed by atoms with E-state index in [1.165, 1.54) is 11.3 Å². The van der Waals surface area contributed by atoms with E-state index < -0.39 is 5.41 Å². The maximum Gasteiger partial charge on any atom is 0.253 e. The summed E-state index contributed by atoms with van der Waals surface area (Å²) < 4.78 is 1.83. The molecule has 1 aromatic carbocycles. The summed E-state index contributed by atoms with van der Waals surface area (Å²) in [5.74, 6) is -0.161. The van der Waals surface area contributed by atoms with Crippen LogP contribution < -0.4 is 4.80 Å². The van der Waals surface area contributed by atoms with Crippen molar-refractivity contribution in [2.45, 2.75) is 27.7 Å². The predicted octanol–water partition coefficient (Wildman–Crippen LogP) is 4.63. The molecule has 0 bridgehead atoms. The molecule has 0 unspecified atom stereocenters. The lowest BCUT2D eigenvalue weighted by molar-refractivity contribution is -0.125. The quantitative estimate of drug-likeness (QED) is 0.743. The molecule has 0 aliphatic rings. The average Bonchev–Trinajstić information content (AvgIpc) is 2.67. The Labute approximate surface area is 137 Å². The standard InChI is InChI=1S/C15H16Cl2N2OS/c1-9-8-19(12-6-10(16)5-11(17)7-12)14(21-9)18-13(20)15(2,3)4/h5-8H,1-4H3/b18-14-. The molecule has 6 heteroatoms. The van der Waals surface area contributed by atoms with Crippen LogP contribution >= 0.6 is 34.5 Å². The van der Waals surface area contributed by atoms with Gasteiger partial charge in [0, 0.05) is 26.5 Å². The van der Waals surface area contributed by atoms with Gasteiger partial charge in [0.15, 0.2) is 4.80 Å². The SMILES string of the molecule is Cc1cn(-c2cc(Cl)cc(Cl)c2)/c(=N/C(=O)C(C)(C)C)s1. The van der Waals surface area contributed by atoms with Crippen molar-refractivity contribution in [1.82, 2.24) is 4.57 Å². The highest BCUT2D eigenvalue weighted by Gasteiger charge is 2.21.